The molecule has 1 saturated heterocycles. The van der Waals surface area contributed by atoms with Gasteiger partial charge in [0, 0.05) is 12.1 Å². The first-order valence-corrected chi connectivity index (χ1v) is 9.30. The first kappa shape index (κ1) is 20.7. The molecular weight excluding hydrogens is 385 g/mol. The summed E-state index contributed by atoms with van der Waals surface area (Å²) < 4.78 is 43.0. The quantitative estimate of drug-likeness (QED) is 0.747. The lowest BCUT2D eigenvalue weighted by atomic mass is 10.1. The van der Waals surface area contributed by atoms with E-state index in [1.807, 2.05) is 6.07 Å². The SMILES string of the molecule is O=C(NCCOc1ccc(C(F)(F)F)cc1)C1CCCN1C(=O)c1ccccc1. The Kier molecular flexibility index (Phi) is 6.41. The van der Waals surface area contributed by atoms with Crippen LogP contribution < -0.4 is 10.1 Å². The number of benzene rings is 2. The molecule has 0 radical (unpaired) electrons. The molecule has 0 spiro atoms. The second kappa shape index (κ2) is 8.98. The van der Waals surface area contributed by atoms with Crippen molar-refractivity contribution >= 4 is 11.8 Å². The Balaban J connectivity index is 1.47. The third-order valence-electron chi connectivity index (χ3n) is 4.69. The number of likely N-dealkylation sites (tertiary alicyclic amines) is 1. The standard InChI is InChI=1S/C21H21F3N2O3/c22-21(23,24)16-8-10-17(11-9-16)29-14-12-25-19(27)18-7-4-13-26(18)20(28)15-5-2-1-3-6-15/h1-3,5-6,8-11,18H,4,7,12-14H2,(H,25,27). The number of carbonyl (C=O) groups is 2. The van der Waals surface area contributed by atoms with Gasteiger partial charge in [0.2, 0.25) is 5.91 Å². The number of nitrogens with zero attached hydrogens (tertiary/aromatic N) is 1. The van der Waals surface area contributed by atoms with Crippen LogP contribution in [-0.4, -0.2) is 42.5 Å². The monoisotopic (exact) mass is 406 g/mol. The molecule has 1 aliphatic rings. The zero-order valence-corrected chi connectivity index (χ0v) is 15.6. The van der Waals surface area contributed by atoms with Gasteiger partial charge in [0.1, 0.15) is 18.4 Å². The zero-order valence-electron chi connectivity index (χ0n) is 15.6. The van der Waals surface area contributed by atoms with Crippen LogP contribution in [0.4, 0.5) is 13.2 Å². The van der Waals surface area contributed by atoms with Crippen molar-refractivity contribution in [1.29, 1.82) is 0 Å². The molecule has 0 aromatic heterocycles. The fraction of sp³-hybridized carbons (Fsp3) is 0.333. The van der Waals surface area contributed by atoms with Crippen molar-refractivity contribution in [2.24, 2.45) is 0 Å². The summed E-state index contributed by atoms with van der Waals surface area (Å²) in [5, 5.41) is 2.73. The first-order valence-electron chi connectivity index (χ1n) is 9.30. The second-order valence-corrected chi connectivity index (χ2v) is 6.68. The van der Waals surface area contributed by atoms with Crippen molar-refractivity contribution in [2.75, 3.05) is 19.7 Å². The summed E-state index contributed by atoms with van der Waals surface area (Å²) in [6.07, 6.45) is -3.06. The molecular formula is C21H21F3N2O3. The van der Waals surface area contributed by atoms with Crippen molar-refractivity contribution in [2.45, 2.75) is 25.1 Å². The Morgan fingerprint density at radius 2 is 1.76 bits per heavy atom. The maximum atomic E-state index is 12.6. The van der Waals surface area contributed by atoms with E-state index in [1.54, 1.807) is 29.2 Å². The minimum Gasteiger partial charge on any atom is -0.492 e. The Morgan fingerprint density at radius 1 is 1.07 bits per heavy atom. The second-order valence-electron chi connectivity index (χ2n) is 6.68. The minimum atomic E-state index is -4.39. The summed E-state index contributed by atoms with van der Waals surface area (Å²) in [5.41, 5.74) is -0.208. The largest absolute Gasteiger partial charge is 0.492 e. The van der Waals surface area contributed by atoms with E-state index in [2.05, 4.69) is 5.32 Å². The van der Waals surface area contributed by atoms with Crippen LogP contribution >= 0.6 is 0 Å². The van der Waals surface area contributed by atoms with Gasteiger partial charge in [-0.05, 0) is 49.2 Å². The molecule has 5 nitrogen and oxygen atoms in total. The van der Waals surface area contributed by atoms with Gasteiger partial charge in [-0.2, -0.15) is 13.2 Å². The van der Waals surface area contributed by atoms with E-state index in [0.717, 1.165) is 18.6 Å². The fourth-order valence-corrected chi connectivity index (χ4v) is 3.23. The highest BCUT2D eigenvalue weighted by Gasteiger charge is 2.34. The fourth-order valence-electron chi connectivity index (χ4n) is 3.23. The van der Waals surface area contributed by atoms with E-state index < -0.39 is 17.8 Å². The van der Waals surface area contributed by atoms with E-state index in [4.69, 9.17) is 4.74 Å². The summed E-state index contributed by atoms with van der Waals surface area (Å²) in [6, 6.07) is 12.6. The third-order valence-corrected chi connectivity index (χ3v) is 4.69. The molecule has 3 rings (SSSR count). The molecule has 1 unspecified atom stereocenters. The van der Waals surface area contributed by atoms with E-state index >= 15 is 0 Å². The van der Waals surface area contributed by atoms with Gasteiger partial charge in [0.25, 0.3) is 5.91 Å². The molecule has 2 aromatic carbocycles. The number of alkyl halides is 3. The lowest BCUT2D eigenvalue weighted by Crippen LogP contribution is -2.46. The van der Waals surface area contributed by atoms with Crippen LogP contribution in [0.1, 0.15) is 28.8 Å². The zero-order chi connectivity index (χ0) is 20.9. The third kappa shape index (κ3) is 5.28. The smallest absolute Gasteiger partial charge is 0.416 e. The lowest BCUT2D eigenvalue weighted by molar-refractivity contribution is -0.137. The number of amides is 2. The number of hydrogen-bond donors (Lipinski definition) is 1. The van der Waals surface area contributed by atoms with Gasteiger partial charge in [-0.1, -0.05) is 18.2 Å². The van der Waals surface area contributed by atoms with Crippen LogP contribution in [0.3, 0.4) is 0 Å². The molecule has 0 saturated carbocycles. The Hall–Kier alpha value is -3.03. The van der Waals surface area contributed by atoms with Crippen molar-refractivity contribution in [3.05, 3.63) is 65.7 Å². The van der Waals surface area contributed by atoms with Crippen molar-refractivity contribution < 1.29 is 27.5 Å². The van der Waals surface area contributed by atoms with Crippen molar-refractivity contribution in [3.8, 4) is 5.75 Å². The van der Waals surface area contributed by atoms with Gasteiger partial charge >= 0.3 is 6.18 Å². The predicted molar refractivity (Wildman–Crippen MR) is 100 cm³/mol. The number of halogens is 3. The van der Waals surface area contributed by atoms with Crippen molar-refractivity contribution in [1.82, 2.24) is 10.2 Å². The molecule has 154 valence electrons. The Morgan fingerprint density at radius 3 is 2.41 bits per heavy atom. The molecule has 2 amide bonds. The molecule has 1 N–H and O–H groups in total. The molecule has 0 aliphatic carbocycles. The van der Waals surface area contributed by atoms with E-state index in [-0.39, 0.29) is 30.7 Å². The molecule has 29 heavy (non-hydrogen) atoms. The van der Waals surface area contributed by atoms with Gasteiger partial charge in [0.15, 0.2) is 0 Å². The van der Waals surface area contributed by atoms with Crippen LogP contribution in [-0.2, 0) is 11.0 Å². The number of ether oxygens (including phenoxy) is 1. The normalized spacial score (nSPS) is 16.5. The molecule has 2 aromatic rings. The van der Waals surface area contributed by atoms with Gasteiger partial charge in [-0.3, -0.25) is 9.59 Å². The molecule has 1 atom stereocenters. The number of nitrogens with one attached hydrogen (secondary N) is 1. The van der Waals surface area contributed by atoms with Crippen LogP contribution in [0.5, 0.6) is 5.75 Å². The number of rotatable bonds is 6. The molecule has 1 heterocycles. The average Bonchev–Trinajstić information content (AvgIpc) is 3.21. The van der Waals surface area contributed by atoms with Gasteiger partial charge in [-0.25, -0.2) is 0 Å². The van der Waals surface area contributed by atoms with E-state index in [9.17, 15) is 22.8 Å². The van der Waals surface area contributed by atoms with Crippen LogP contribution in [0.15, 0.2) is 54.6 Å². The van der Waals surface area contributed by atoms with Crippen LogP contribution in [0.25, 0.3) is 0 Å². The summed E-state index contributed by atoms with van der Waals surface area (Å²) in [7, 11) is 0. The maximum Gasteiger partial charge on any atom is 0.416 e. The van der Waals surface area contributed by atoms with Gasteiger partial charge in [0.05, 0.1) is 12.1 Å². The summed E-state index contributed by atoms with van der Waals surface area (Å²) in [4.78, 5) is 26.7. The highest BCUT2D eigenvalue weighted by molar-refractivity contribution is 5.97. The first-order chi connectivity index (χ1) is 13.9. The summed E-state index contributed by atoms with van der Waals surface area (Å²) >= 11 is 0. The van der Waals surface area contributed by atoms with E-state index in [1.165, 1.54) is 12.1 Å². The highest BCUT2D eigenvalue weighted by atomic mass is 19.4. The van der Waals surface area contributed by atoms with Crippen LogP contribution in [0, 0.1) is 0 Å². The highest BCUT2D eigenvalue weighted by Crippen LogP contribution is 2.30. The lowest BCUT2D eigenvalue weighted by Gasteiger charge is -2.24. The van der Waals surface area contributed by atoms with Gasteiger partial charge < -0.3 is 15.0 Å². The number of hydrogen-bond acceptors (Lipinski definition) is 3. The predicted octanol–water partition coefficient (Wildman–Crippen LogP) is 3.51. The minimum absolute atomic E-state index is 0.108. The topological polar surface area (TPSA) is 58.6 Å². The number of carbonyl (C=O) groups excluding carboxylic acids is 2. The summed E-state index contributed by atoms with van der Waals surface area (Å²) in [6.45, 7) is 0.814. The molecule has 1 aliphatic heterocycles. The van der Waals surface area contributed by atoms with E-state index in [0.29, 0.717) is 18.5 Å². The summed E-state index contributed by atoms with van der Waals surface area (Å²) in [5.74, 6) is -0.152. The average molecular weight is 406 g/mol. The van der Waals surface area contributed by atoms with Gasteiger partial charge in [-0.15, -0.1) is 0 Å². The van der Waals surface area contributed by atoms with Crippen LogP contribution in [0.2, 0.25) is 0 Å². The maximum absolute atomic E-state index is 12.6. The van der Waals surface area contributed by atoms with Crippen molar-refractivity contribution in [3.63, 3.8) is 0 Å². The molecule has 1 fully saturated rings. The Bertz CT molecular complexity index is 838. The molecule has 8 heteroatoms. The Labute approximate surface area is 166 Å². The molecule has 0 bridgehead atoms.